The molecule has 0 bridgehead atoms. The van der Waals surface area contributed by atoms with Gasteiger partial charge in [-0.15, -0.1) is 0 Å². The average Bonchev–Trinajstić information content (AvgIpc) is 3.34. The van der Waals surface area contributed by atoms with Crippen molar-refractivity contribution < 1.29 is 9.59 Å². The van der Waals surface area contributed by atoms with E-state index in [-0.39, 0.29) is 11.8 Å². The second-order valence-electron chi connectivity index (χ2n) is 10.5. The molecule has 0 fully saturated rings. The van der Waals surface area contributed by atoms with Crippen LogP contribution in [0, 0.1) is 0 Å². The molecule has 0 unspecified atom stereocenters. The molecule has 2 heterocycles. The summed E-state index contributed by atoms with van der Waals surface area (Å²) in [6.45, 7) is 0. The van der Waals surface area contributed by atoms with Gasteiger partial charge in [-0.05, 0) is 95.1 Å². The first kappa shape index (κ1) is 26.8. The molecule has 7 rings (SSSR count). The third-order valence-electron chi connectivity index (χ3n) is 7.70. The van der Waals surface area contributed by atoms with Gasteiger partial charge < -0.3 is 4.90 Å². The molecule has 1 aromatic heterocycles. The first-order valence-electron chi connectivity index (χ1n) is 14.4. The van der Waals surface area contributed by atoms with E-state index in [1.807, 2.05) is 97.1 Å². The summed E-state index contributed by atoms with van der Waals surface area (Å²) in [7, 11) is 0. The van der Waals surface area contributed by atoms with Crippen molar-refractivity contribution >= 4 is 46.7 Å². The number of anilines is 4. The number of benzene rings is 5. The SMILES string of the molecule is O=C1c2ccc(-c3ccc(N(c4ccccc4)c4ccccc4)cc3)cc2C(=O)N1c1ccc(/C=C/c2ccncc2)cc1. The Morgan fingerprint density at radius 3 is 1.64 bits per heavy atom. The van der Waals surface area contributed by atoms with Crippen molar-refractivity contribution in [3.63, 3.8) is 0 Å². The van der Waals surface area contributed by atoms with Crippen molar-refractivity contribution in [2.24, 2.45) is 0 Å². The van der Waals surface area contributed by atoms with Crippen LogP contribution in [0.5, 0.6) is 0 Å². The highest BCUT2D eigenvalue weighted by atomic mass is 16.2. The van der Waals surface area contributed by atoms with Gasteiger partial charge in [0.2, 0.25) is 0 Å². The van der Waals surface area contributed by atoms with Crippen molar-refractivity contribution in [1.82, 2.24) is 4.98 Å². The van der Waals surface area contributed by atoms with Crippen molar-refractivity contribution in [1.29, 1.82) is 0 Å². The molecule has 6 aromatic rings. The number of carbonyl (C=O) groups is 2. The van der Waals surface area contributed by atoms with E-state index in [1.54, 1.807) is 30.6 Å². The van der Waals surface area contributed by atoms with E-state index in [9.17, 15) is 9.59 Å². The summed E-state index contributed by atoms with van der Waals surface area (Å²) in [5.41, 5.74) is 8.35. The Labute approximate surface area is 256 Å². The van der Waals surface area contributed by atoms with Crippen LogP contribution < -0.4 is 9.80 Å². The smallest absolute Gasteiger partial charge is 0.266 e. The molecule has 44 heavy (non-hydrogen) atoms. The molecule has 0 aliphatic carbocycles. The minimum absolute atomic E-state index is 0.312. The fraction of sp³-hybridized carbons (Fsp3) is 0. The first-order valence-corrected chi connectivity index (χ1v) is 14.4. The summed E-state index contributed by atoms with van der Waals surface area (Å²) >= 11 is 0. The standard InChI is InChI=1S/C39H27N3O2/c43-38-36-22-17-31(30-15-20-34(21-16-30)41(32-7-3-1-4-8-32)33-9-5-2-6-10-33)27-37(36)39(44)42(38)35-18-13-28(14-19-35)11-12-29-23-25-40-26-24-29/h1-27H/b12-11+. The zero-order valence-corrected chi connectivity index (χ0v) is 23.7. The van der Waals surface area contributed by atoms with E-state index in [2.05, 4.69) is 46.3 Å². The highest BCUT2D eigenvalue weighted by Crippen LogP contribution is 2.36. The van der Waals surface area contributed by atoms with E-state index >= 15 is 0 Å². The Balaban J connectivity index is 1.13. The number of aromatic nitrogens is 1. The Morgan fingerprint density at radius 2 is 1.02 bits per heavy atom. The molecular formula is C39H27N3O2. The van der Waals surface area contributed by atoms with Crippen LogP contribution in [0.2, 0.25) is 0 Å². The summed E-state index contributed by atoms with van der Waals surface area (Å²) < 4.78 is 0. The quantitative estimate of drug-likeness (QED) is 0.180. The fourth-order valence-electron chi connectivity index (χ4n) is 5.46. The van der Waals surface area contributed by atoms with Crippen molar-refractivity contribution in [3.05, 3.63) is 174 Å². The molecule has 1 aliphatic heterocycles. The van der Waals surface area contributed by atoms with Gasteiger partial charge in [0, 0.05) is 29.5 Å². The number of hydrogen-bond acceptors (Lipinski definition) is 4. The monoisotopic (exact) mass is 569 g/mol. The van der Waals surface area contributed by atoms with Crippen LogP contribution in [-0.4, -0.2) is 16.8 Å². The van der Waals surface area contributed by atoms with E-state index in [1.165, 1.54) is 4.90 Å². The molecule has 5 aromatic carbocycles. The maximum Gasteiger partial charge on any atom is 0.266 e. The molecule has 0 spiro atoms. The lowest BCUT2D eigenvalue weighted by molar-refractivity contribution is 0.0926. The number of fused-ring (bicyclic) bond motifs is 1. The molecule has 210 valence electrons. The van der Waals surface area contributed by atoms with Crippen LogP contribution >= 0.6 is 0 Å². The molecule has 2 amide bonds. The van der Waals surface area contributed by atoms with E-state index in [4.69, 9.17) is 0 Å². The van der Waals surface area contributed by atoms with Gasteiger partial charge in [0.25, 0.3) is 11.8 Å². The summed E-state index contributed by atoms with van der Waals surface area (Å²) in [6.07, 6.45) is 7.47. The zero-order valence-electron chi connectivity index (χ0n) is 23.7. The lowest BCUT2D eigenvalue weighted by atomic mass is 10.00. The molecule has 0 N–H and O–H groups in total. The Kier molecular flexibility index (Phi) is 7.11. The van der Waals surface area contributed by atoms with Gasteiger partial charge in [-0.3, -0.25) is 14.6 Å². The summed E-state index contributed by atoms with van der Waals surface area (Å²) in [6, 6.07) is 45.5. The Bertz CT molecular complexity index is 1930. The molecule has 0 saturated carbocycles. The highest BCUT2D eigenvalue weighted by Gasteiger charge is 2.36. The van der Waals surface area contributed by atoms with Crippen LogP contribution in [0.15, 0.2) is 152 Å². The Morgan fingerprint density at radius 1 is 0.500 bits per heavy atom. The molecule has 5 heteroatoms. The van der Waals surface area contributed by atoms with Crippen LogP contribution in [0.3, 0.4) is 0 Å². The number of nitrogens with zero attached hydrogens (tertiary/aromatic N) is 3. The van der Waals surface area contributed by atoms with Crippen LogP contribution in [0.25, 0.3) is 23.3 Å². The molecule has 0 atom stereocenters. The summed E-state index contributed by atoms with van der Waals surface area (Å²) in [5.74, 6) is -0.629. The van der Waals surface area contributed by atoms with Crippen LogP contribution in [0.1, 0.15) is 31.8 Å². The molecule has 0 saturated heterocycles. The van der Waals surface area contributed by atoms with E-state index in [0.717, 1.165) is 39.3 Å². The number of para-hydroxylation sites is 2. The van der Waals surface area contributed by atoms with Crippen molar-refractivity contribution in [3.8, 4) is 11.1 Å². The van der Waals surface area contributed by atoms with Crippen LogP contribution in [0.4, 0.5) is 22.7 Å². The van der Waals surface area contributed by atoms with Gasteiger partial charge in [0.05, 0.1) is 16.8 Å². The zero-order chi connectivity index (χ0) is 29.9. The third kappa shape index (κ3) is 5.19. The van der Waals surface area contributed by atoms with Crippen LogP contribution in [-0.2, 0) is 0 Å². The van der Waals surface area contributed by atoms with Crippen molar-refractivity contribution in [2.45, 2.75) is 0 Å². The molecule has 5 nitrogen and oxygen atoms in total. The average molecular weight is 570 g/mol. The second kappa shape index (κ2) is 11.7. The number of pyridine rings is 1. The number of carbonyl (C=O) groups excluding carboxylic acids is 2. The van der Waals surface area contributed by atoms with Gasteiger partial charge in [-0.1, -0.05) is 78.9 Å². The number of hydrogen-bond donors (Lipinski definition) is 0. The highest BCUT2D eigenvalue weighted by molar-refractivity contribution is 6.34. The van der Waals surface area contributed by atoms with Gasteiger partial charge in [0.15, 0.2) is 0 Å². The van der Waals surface area contributed by atoms with E-state index in [0.29, 0.717) is 16.8 Å². The second-order valence-corrected chi connectivity index (χ2v) is 10.5. The van der Waals surface area contributed by atoms with Gasteiger partial charge in [-0.25, -0.2) is 4.90 Å². The topological polar surface area (TPSA) is 53.5 Å². The lowest BCUT2D eigenvalue weighted by Crippen LogP contribution is -2.29. The summed E-state index contributed by atoms with van der Waals surface area (Å²) in [4.78, 5) is 34.3. The first-order chi connectivity index (χ1) is 21.7. The number of rotatable bonds is 7. The lowest BCUT2D eigenvalue weighted by Gasteiger charge is -2.25. The maximum atomic E-state index is 13.5. The normalized spacial score (nSPS) is 12.5. The number of imide groups is 1. The van der Waals surface area contributed by atoms with Gasteiger partial charge >= 0.3 is 0 Å². The molecule has 0 radical (unpaired) electrons. The predicted molar refractivity (Wildman–Crippen MR) is 177 cm³/mol. The van der Waals surface area contributed by atoms with Crippen molar-refractivity contribution in [2.75, 3.05) is 9.80 Å². The fourth-order valence-corrected chi connectivity index (χ4v) is 5.46. The van der Waals surface area contributed by atoms with E-state index < -0.39 is 0 Å². The molecular weight excluding hydrogens is 542 g/mol. The predicted octanol–water partition coefficient (Wildman–Crippen LogP) is 9.19. The number of amides is 2. The Hall–Kier alpha value is -6.07. The summed E-state index contributed by atoms with van der Waals surface area (Å²) in [5, 5.41) is 0. The maximum absolute atomic E-state index is 13.5. The van der Waals surface area contributed by atoms with Gasteiger partial charge in [0.1, 0.15) is 0 Å². The minimum Gasteiger partial charge on any atom is -0.311 e. The van der Waals surface area contributed by atoms with Gasteiger partial charge in [-0.2, -0.15) is 0 Å². The largest absolute Gasteiger partial charge is 0.311 e. The minimum atomic E-state index is -0.317. The molecule has 1 aliphatic rings. The third-order valence-corrected chi connectivity index (χ3v) is 7.70.